The molecular weight excluding hydrogens is 405 g/mol. The number of hydrogen-bond acceptors (Lipinski definition) is 5. The Morgan fingerprint density at radius 1 is 1.08 bits per heavy atom. The van der Waals surface area contributed by atoms with Gasteiger partial charge in [-0.15, -0.1) is 10.2 Å². The zero-order valence-electron chi connectivity index (χ0n) is 12.5. The summed E-state index contributed by atoms with van der Waals surface area (Å²) in [4.78, 5) is 12.0. The summed E-state index contributed by atoms with van der Waals surface area (Å²) in [5, 5.41) is 12.2. The number of halogens is 3. The number of amides is 1. The molecule has 0 saturated heterocycles. The van der Waals surface area contributed by atoms with Crippen molar-refractivity contribution < 1.29 is 9.21 Å². The van der Waals surface area contributed by atoms with Gasteiger partial charge in [0.15, 0.2) is 0 Å². The van der Waals surface area contributed by atoms with Crippen LogP contribution in [0.15, 0.2) is 52.1 Å². The van der Waals surface area contributed by atoms with Gasteiger partial charge in [-0.3, -0.25) is 4.79 Å². The van der Waals surface area contributed by atoms with Crippen molar-refractivity contribution in [3.05, 3.63) is 57.5 Å². The quantitative estimate of drug-likeness (QED) is 0.564. The molecule has 9 heteroatoms. The van der Waals surface area contributed by atoms with Crippen molar-refractivity contribution in [2.75, 3.05) is 11.1 Å². The van der Waals surface area contributed by atoms with Gasteiger partial charge in [0.25, 0.3) is 5.22 Å². The molecule has 5 nitrogen and oxygen atoms in total. The molecule has 3 rings (SSSR count). The van der Waals surface area contributed by atoms with Crippen LogP contribution in [0.25, 0.3) is 11.5 Å². The summed E-state index contributed by atoms with van der Waals surface area (Å²) >= 11 is 19.0. The summed E-state index contributed by atoms with van der Waals surface area (Å²) in [6, 6.07) is 11.9. The number of hydrogen-bond donors (Lipinski definition) is 1. The van der Waals surface area contributed by atoms with E-state index in [0.717, 1.165) is 11.8 Å². The normalized spacial score (nSPS) is 10.7. The Kier molecular flexibility index (Phi) is 5.86. The Balaban J connectivity index is 1.60. The predicted octanol–water partition coefficient (Wildman–Crippen LogP) is 5.43. The third-order valence-corrected chi connectivity index (χ3v) is 4.57. The van der Waals surface area contributed by atoms with Gasteiger partial charge in [-0.2, -0.15) is 0 Å². The highest BCUT2D eigenvalue weighted by Gasteiger charge is 2.13. The smallest absolute Gasteiger partial charge is 0.277 e. The lowest BCUT2D eigenvalue weighted by Crippen LogP contribution is -2.13. The van der Waals surface area contributed by atoms with Gasteiger partial charge in [-0.25, -0.2) is 0 Å². The average molecular weight is 415 g/mol. The molecule has 1 heterocycles. The molecule has 0 atom stereocenters. The first-order chi connectivity index (χ1) is 12.0. The number of nitrogens with zero attached hydrogens (tertiary/aromatic N) is 2. The lowest BCUT2D eigenvalue weighted by atomic mass is 10.2. The van der Waals surface area contributed by atoms with Gasteiger partial charge in [0.2, 0.25) is 11.8 Å². The largest absolute Gasteiger partial charge is 0.411 e. The standard InChI is InChI=1S/C16H10Cl3N3O2S/c17-9-5-10(18)7-11(6-9)20-14(23)8-25-16-22-21-15(24-16)12-3-1-2-4-13(12)19/h1-7H,8H2,(H,20,23). The van der Waals surface area contributed by atoms with Crippen LogP contribution >= 0.6 is 46.6 Å². The van der Waals surface area contributed by atoms with Gasteiger partial charge in [-0.1, -0.05) is 58.7 Å². The first-order valence-corrected chi connectivity index (χ1v) is 9.10. The zero-order valence-corrected chi connectivity index (χ0v) is 15.6. The molecular formula is C16H10Cl3N3O2S. The van der Waals surface area contributed by atoms with Gasteiger partial charge >= 0.3 is 0 Å². The lowest BCUT2D eigenvalue weighted by molar-refractivity contribution is -0.113. The topological polar surface area (TPSA) is 68.0 Å². The highest BCUT2D eigenvalue weighted by atomic mass is 35.5. The highest BCUT2D eigenvalue weighted by Crippen LogP contribution is 2.29. The lowest BCUT2D eigenvalue weighted by Gasteiger charge is -2.05. The fraction of sp³-hybridized carbons (Fsp3) is 0.0625. The first-order valence-electron chi connectivity index (χ1n) is 6.98. The SMILES string of the molecule is O=C(CSc1nnc(-c2ccccc2Cl)o1)Nc1cc(Cl)cc(Cl)c1. The molecule has 1 amide bonds. The van der Waals surface area contributed by atoms with Crippen LogP contribution in [0.1, 0.15) is 0 Å². The second-order valence-electron chi connectivity index (χ2n) is 4.85. The molecule has 0 unspecified atom stereocenters. The number of aromatic nitrogens is 2. The van der Waals surface area contributed by atoms with Crippen molar-refractivity contribution in [1.82, 2.24) is 10.2 Å². The Bertz CT molecular complexity index is 897. The molecule has 1 aromatic heterocycles. The molecule has 0 radical (unpaired) electrons. The molecule has 3 aromatic rings. The second kappa shape index (κ2) is 8.10. The molecule has 0 fully saturated rings. The van der Waals surface area contributed by atoms with E-state index in [1.165, 1.54) is 0 Å². The van der Waals surface area contributed by atoms with Crippen LogP contribution in [0.3, 0.4) is 0 Å². The first kappa shape index (κ1) is 18.1. The number of nitrogens with one attached hydrogen (secondary N) is 1. The van der Waals surface area contributed by atoms with Gasteiger partial charge in [0.05, 0.1) is 16.3 Å². The van der Waals surface area contributed by atoms with Crippen LogP contribution in [0.5, 0.6) is 0 Å². The van der Waals surface area contributed by atoms with Gasteiger partial charge in [0, 0.05) is 15.7 Å². The molecule has 0 spiro atoms. The number of rotatable bonds is 5. The van der Waals surface area contributed by atoms with Crippen LogP contribution in [0.4, 0.5) is 5.69 Å². The molecule has 0 bridgehead atoms. The third-order valence-electron chi connectivity index (χ3n) is 2.98. The maximum Gasteiger partial charge on any atom is 0.277 e. The van der Waals surface area contributed by atoms with E-state index in [9.17, 15) is 4.79 Å². The number of carbonyl (C=O) groups is 1. The average Bonchev–Trinajstić information content (AvgIpc) is 3.01. The maximum absolute atomic E-state index is 12.0. The molecule has 0 aliphatic carbocycles. The summed E-state index contributed by atoms with van der Waals surface area (Å²) in [6.45, 7) is 0. The van der Waals surface area contributed by atoms with Crippen molar-refractivity contribution in [3.8, 4) is 11.5 Å². The molecule has 2 aromatic carbocycles. The van der Waals surface area contributed by atoms with E-state index >= 15 is 0 Å². The minimum atomic E-state index is -0.249. The van der Waals surface area contributed by atoms with Crippen molar-refractivity contribution in [3.63, 3.8) is 0 Å². The van der Waals surface area contributed by atoms with E-state index in [4.69, 9.17) is 39.2 Å². The summed E-state index contributed by atoms with van der Waals surface area (Å²) in [6.07, 6.45) is 0. The van der Waals surface area contributed by atoms with E-state index in [0.29, 0.717) is 32.2 Å². The Morgan fingerprint density at radius 2 is 1.80 bits per heavy atom. The van der Waals surface area contributed by atoms with E-state index < -0.39 is 0 Å². The van der Waals surface area contributed by atoms with Gasteiger partial charge in [-0.05, 0) is 30.3 Å². The zero-order chi connectivity index (χ0) is 17.8. The van der Waals surface area contributed by atoms with E-state index in [1.54, 1.807) is 30.3 Å². The molecule has 25 heavy (non-hydrogen) atoms. The predicted molar refractivity (Wildman–Crippen MR) is 101 cm³/mol. The number of thioether (sulfide) groups is 1. The van der Waals surface area contributed by atoms with Crippen molar-refractivity contribution in [2.45, 2.75) is 5.22 Å². The van der Waals surface area contributed by atoms with Gasteiger partial charge < -0.3 is 9.73 Å². The summed E-state index contributed by atoms with van der Waals surface area (Å²) in [5.41, 5.74) is 1.16. The monoisotopic (exact) mass is 413 g/mol. The highest BCUT2D eigenvalue weighted by molar-refractivity contribution is 7.99. The second-order valence-corrected chi connectivity index (χ2v) is 7.05. The Hall–Kier alpha value is -1.73. The van der Waals surface area contributed by atoms with Crippen LogP contribution in [0.2, 0.25) is 15.1 Å². The number of carbonyl (C=O) groups excluding carboxylic acids is 1. The maximum atomic E-state index is 12.0. The summed E-state index contributed by atoms with van der Waals surface area (Å²) < 4.78 is 5.52. The van der Waals surface area contributed by atoms with Crippen LogP contribution in [-0.4, -0.2) is 21.9 Å². The van der Waals surface area contributed by atoms with E-state index in [1.807, 2.05) is 12.1 Å². The van der Waals surface area contributed by atoms with Crippen molar-refractivity contribution in [2.24, 2.45) is 0 Å². The third kappa shape index (κ3) is 4.89. The van der Waals surface area contributed by atoms with Crippen LogP contribution in [0, 0.1) is 0 Å². The fourth-order valence-corrected chi connectivity index (χ4v) is 3.27. The van der Waals surface area contributed by atoms with Crippen LogP contribution < -0.4 is 5.32 Å². The Morgan fingerprint density at radius 3 is 2.52 bits per heavy atom. The minimum Gasteiger partial charge on any atom is -0.411 e. The number of benzene rings is 2. The van der Waals surface area contributed by atoms with Crippen LogP contribution in [-0.2, 0) is 4.79 Å². The fourth-order valence-electron chi connectivity index (χ4n) is 1.96. The van der Waals surface area contributed by atoms with Crippen molar-refractivity contribution >= 4 is 58.2 Å². The molecule has 0 aliphatic heterocycles. The molecule has 128 valence electrons. The van der Waals surface area contributed by atoms with E-state index in [-0.39, 0.29) is 16.9 Å². The summed E-state index contributed by atoms with van der Waals surface area (Å²) in [5.74, 6) is 0.143. The molecule has 0 aliphatic rings. The minimum absolute atomic E-state index is 0.0916. The molecule has 1 N–H and O–H groups in total. The number of anilines is 1. The van der Waals surface area contributed by atoms with Crippen molar-refractivity contribution in [1.29, 1.82) is 0 Å². The molecule has 0 saturated carbocycles. The summed E-state index contributed by atoms with van der Waals surface area (Å²) in [7, 11) is 0. The Labute approximate surface area is 162 Å². The van der Waals surface area contributed by atoms with Gasteiger partial charge in [0.1, 0.15) is 0 Å². The van der Waals surface area contributed by atoms with E-state index in [2.05, 4.69) is 15.5 Å².